The van der Waals surface area contributed by atoms with Crippen molar-refractivity contribution >= 4 is 11.6 Å². The number of carbonyl (C=O) groups is 1. The van der Waals surface area contributed by atoms with E-state index in [1.165, 1.54) is 0 Å². The number of nitrogens with one attached hydrogen (secondary N) is 1. The van der Waals surface area contributed by atoms with E-state index in [4.69, 9.17) is 19.9 Å². The highest BCUT2D eigenvalue weighted by Gasteiger charge is 2.36. The first-order valence-electron chi connectivity index (χ1n) is 7.25. The number of amides is 1. The van der Waals surface area contributed by atoms with Crippen molar-refractivity contribution in [1.82, 2.24) is 0 Å². The number of fused-ring (bicyclic) bond motifs is 1. The molecule has 1 aromatic carbocycles. The van der Waals surface area contributed by atoms with Crippen LogP contribution in [-0.4, -0.2) is 37.9 Å². The van der Waals surface area contributed by atoms with Gasteiger partial charge in [-0.15, -0.1) is 0 Å². The fraction of sp³-hybridized carbons (Fsp3) is 0.533. The molecule has 1 fully saturated rings. The Morgan fingerprint density at radius 3 is 2.57 bits per heavy atom. The fourth-order valence-electron chi connectivity index (χ4n) is 2.46. The van der Waals surface area contributed by atoms with E-state index in [1.54, 1.807) is 12.1 Å². The number of hydrogen-bond acceptors (Lipinski definition) is 5. The summed E-state index contributed by atoms with van der Waals surface area (Å²) in [5.41, 5.74) is 5.97. The van der Waals surface area contributed by atoms with Gasteiger partial charge in [-0.1, -0.05) is 0 Å². The normalized spacial score (nSPS) is 20.4. The first kappa shape index (κ1) is 14.2. The summed E-state index contributed by atoms with van der Waals surface area (Å²) in [6.45, 7) is 2.29. The van der Waals surface area contributed by atoms with Crippen LogP contribution in [0.4, 0.5) is 5.69 Å². The average molecular weight is 292 g/mol. The molecule has 3 rings (SSSR count). The molecule has 2 aliphatic heterocycles. The maximum atomic E-state index is 12.4. The molecule has 21 heavy (non-hydrogen) atoms. The molecule has 0 atom stereocenters. The lowest BCUT2D eigenvalue weighted by molar-refractivity contribution is -0.124. The lowest BCUT2D eigenvalue weighted by atomic mass is 9.90. The van der Waals surface area contributed by atoms with Crippen molar-refractivity contribution in [3.63, 3.8) is 0 Å². The molecule has 6 heteroatoms. The van der Waals surface area contributed by atoms with Crippen LogP contribution in [0.25, 0.3) is 0 Å². The smallest absolute Gasteiger partial charge is 0.244 e. The number of nitrogens with two attached hydrogens (primary N) is 1. The molecular formula is C15H20N2O4. The molecule has 2 heterocycles. The maximum Gasteiger partial charge on any atom is 0.244 e. The van der Waals surface area contributed by atoms with Gasteiger partial charge >= 0.3 is 0 Å². The summed E-state index contributed by atoms with van der Waals surface area (Å²) in [6.07, 6.45) is 1.91. The zero-order valence-corrected chi connectivity index (χ0v) is 11.9. The third kappa shape index (κ3) is 3.11. The van der Waals surface area contributed by atoms with Crippen molar-refractivity contribution in [1.29, 1.82) is 0 Å². The Labute approximate surface area is 123 Å². The SMILES string of the molecule is NC1(C(=O)Nc2ccc3c(c2)OCCCO3)CCOCC1. The maximum absolute atomic E-state index is 12.4. The Morgan fingerprint density at radius 2 is 1.81 bits per heavy atom. The van der Waals surface area contributed by atoms with Crippen LogP contribution < -0.4 is 20.5 Å². The van der Waals surface area contributed by atoms with Crippen LogP contribution in [0.3, 0.4) is 0 Å². The summed E-state index contributed by atoms with van der Waals surface area (Å²) >= 11 is 0. The van der Waals surface area contributed by atoms with Gasteiger partial charge in [-0.25, -0.2) is 0 Å². The van der Waals surface area contributed by atoms with Gasteiger partial charge in [0.25, 0.3) is 0 Å². The highest BCUT2D eigenvalue weighted by atomic mass is 16.5. The van der Waals surface area contributed by atoms with Gasteiger partial charge in [0, 0.05) is 31.4 Å². The topological polar surface area (TPSA) is 82.8 Å². The number of rotatable bonds is 2. The molecule has 6 nitrogen and oxygen atoms in total. The highest BCUT2D eigenvalue weighted by Crippen LogP contribution is 2.32. The second-order valence-corrected chi connectivity index (χ2v) is 5.43. The number of hydrogen-bond donors (Lipinski definition) is 2. The second-order valence-electron chi connectivity index (χ2n) is 5.43. The largest absolute Gasteiger partial charge is 0.490 e. The quantitative estimate of drug-likeness (QED) is 0.858. The van der Waals surface area contributed by atoms with Gasteiger partial charge in [0.05, 0.1) is 13.2 Å². The van der Waals surface area contributed by atoms with Crippen LogP contribution >= 0.6 is 0 Å². The van der Waals surface area contributed by atoms with E-state index in [9.17, 15) is 4.79 Å². The van der Waals surface area contributed by atoms with Gasteiger partial charge in [-0.05, 0) is 25.0 Å². The van der Waals surface area contributed by atoms with Crippen LogP contribution in [0.2, 0.25) is 0 Å². The van der Waals surface area contributed by atoms with Crippen molar-refractivity contribution in [3.8, 4) is 11.5 Å². The van der Waals surface area contributed by atoms with Crippen LogP contribution in [0, 0.1) is 0 Å². The van der Waals surface area contributed by atoms with Crippen LogP contribution in [0.5, 0.6) is 11.5 Å². The summed E-state index contributed by atoms with van der Waals surface area (Å²) < 4.78 is 16.4. The number of ether oxygens (including phenoxy) is 3. The van der Waals surface area contributed by atoms with E-state index in [0.29, 0.717) is 56.5 Å². The van der Waals surface area contributed by atoms with Crippen LogP contribution in [-0.2, 0) is 9.53 Å². The molecule has 1 saturated heterocycles. The lowest BCUT2D eigenvalue weighted by Gasteiger charge is -2.31. The predicted molar refractivity (Wildman–Crippen MR) is 77.7 cm³/mol. The van der Waals surface area contributed by atoms with E-state index in [0.717, 1.165) is 6.42 Å². The molecule has 0 bridgehead atoms. The molecule has 1 aromatic rings. The Morgan fingerprint density at radius 1 is 1.10 bits per heavy atom. The molecule has 2 aliphatic rings. The van der Waals surface area contributed by atoms with Crippen molar-refractivity contribution in [2.24, 2.45) is 5.73 Å². The first-order chi connectivity index (χ1) is 10.2. The number of anilines is 1. The first-order valence-corrected chi connectivity index (χ1v) is 7.25. The molecule has 3 N–H and O–H groups in total. The van der Waals surface area contributed by atoms with Crippen molar-refractivity contribution in [2.45, 2.75) is 24.8 Å². The molecule has 0 spiro atoms. The molecule has 0 unspecified atom stereocenters. The molecule has 0 saturated carbocycles. The molecule has 1 amide bonds. The summed E-state index contributed by atoms with van der Waals surface area (Å²) in [6, 6.07) is 5.39. The molecule has 0 aromatic heterocycles. The van der Waals surface area contributed by atoms with Crippen LogP contribution in [0.1, 0.15) is 19.3 Å². The number of benzene rings is 1. The minimum absolute atomic E-state index is 0.180. The van der Waals surface area contributed by atoms with E-state index >= 15 is 0 Å². The van der Waals surface area contributed by atoms with Crippen LogP contribution in [0.15, 0.2) is 18.2 Å². The van der Waals surface area contributed by atoms with E-state index in [-0.39, 0.29) is 5.91 Å². The zero-order chi connectivity index (χ0) is 14.7. The van der Waals surface area contributed by atoms with Gasteiger partial charge in [0.2, 0.25) is 5.91 Å². The standard InChI is InChI=1S/C15H20N2O4/c16-15(4-8-19-9-5-15)14(18)17-11-2-3-12-13(10-11)21-7-1-6-20-12/h2-3,10H,1,4-9,16H2,(H,17,18). The van der Waals surface area contributed by atoms with Gasteiger partial charge < -0.3 is 25.3 Å². The Balaban J connectivity index is 1.72. The predicted octanol–water partition coefficient (Wildman–Crippen LogP) is 1.29. The molecule has 0 aliphatic carbocycles. The second kappa shape index (κ2) is 5.91. The van der Waals surface area contributed by atoms with Gasteiger partial charge in [-0.3, -0.25) is 4.79 Å². The third-order valence-corrected chi connectivity index (χ3v) is 3.84. The van der Waals surface area contributed by atoms with E-state index in [1.807, 2.05) is 6.07 Å². The van der Waals surface area contributed by atoms with Gasteiger partial charge in [0.1, 0.15) is 5.54 Å². The van der Waals surface area contributed by atoms with Crippen molar-refractivity contribution < 1.29 is 19.0 Å². The Hall–Kier alpha value is -1.79. The third-order valence-electron chi connectivity index (χ3n) is 3.84. The zero-order valence-electron chi connectivity index (χ0n) is 11.9. The summed E-state index contributed by atoms with van der Waals surface area (Å²) in [4.78, 5) is 12.4. The van der Waals surface area contributed by atoms with Gasteiger partial charge in [-0.2, -0.15) is 0 Å². The van der Waals surface area contributed by atoms with E-state index in [2.05, 4.69) is 5.32 Å². The fourth-order valence-corrected chi connectivity index (χ4v) is 2.46. The highest BCUT2D eigenvalue weighted by molar-refractivity contribution is 5.98. The lowest BCUT2D eigenvalue weighted by Crippen LogP contribution is -2.54. The Bertz CT molecular complexity index is 526. The van der Waals surface area contributed by atoms with Crippen molar-refractivity contribution in [3.05, 3.63) is 18.2 Å². The Kier molecular flexibility index (Phi) is 3.98. The van der Waals surface area contributed by atoms with Crippen molar-refractivity contribution in [2.75, 3.05) is 31.7 Å². The van der Waals surface area contributed by atoms with E-state index < -0.39 is 5.54 Å². The molecule has 0 radical (unpaired) electrons. The van der Waals surface area contributed by atoms with Gasteiger partial charge in [0.15, 0.2) is 11.5 Å². The molecular weight excluding hydrogens is 272 g/mol. The molecule has 114 valence electrons. The summed E-state index contributed by atoms with van der Waals surface area (Å²) in [5.74, 6) is 1.18. The minimum atomic E-state index is -0.859. The summed E-state index contributed by atoms with van der Waals surface area (Å²) in [5, 5.41) is 2.87. The average Bonchev–Trinajstić information content (AvgIpc) is 2.73. The monoisotopic (exact) mass is 292 g/mol. The minimum Gasteiger partial charge on any atom is -0.490 e. The summed E-state index contributed by atoms with van der Waals surface area (Å²) in [7, 11) is 0. The number of carbonyl (C=O) groups excluding carboxylic acids is 1.